The highest BCUT2D eigenvalue weighted by molar-refractivity contribution is 5.83. The molecule has 15 heavy (non-hydrogen) atoms. The molecule has 0 heterocycles. The van der Waals surface area contributed by atoms with Crippen LogP contribution in [0, 0.1) is 17.8 Å². The van der Waals surface area contributed by atoms with Gasteiger partial charge < -0.3 is 5.11 Å². The molecule has 0 amide bonds. The first kappa shape index (κ1) is 7.61. The number of rotatable bonds is 4. The van der Waals surface area contributed by atoms with E-state index in [4.69, 9.17) is 5.48 Å². The number of aliphatic hydroxyl groups excluding tert-OH is 1. The summed E-state index contributed by atoms with van der Waals surface area (Å²) in [5, 5.41) is 10.2. The van der Waals surface area contributed by atoms with Gasteiger partial charge in [0.2, 0.25) is 0 Å². The van der Waals surface area contributed by atoms with Crippen molar-refractivity contribution in [1.29, 1.82) is 0 Å². The van der Waals surface area contributed by atoms with Crippen LogP contribution in [0.2, 0.25) is 0 Å². The topological polar surface area (TPSA) is 37.3 Å². The maximum Gasteiger partial charge on any atom is 0.138 e. The van der Waals surface area contributed by atoms with E-state index in [-0.39, 0.29) is 23.5 Å². The van der Waals surface area contributed by atoms with Crippen molar-refractivity contribution >= 4 is 5.78 Å². The lowest BCUT2D eigenvalue weighted by molar-refractivity contribution is -0.125. The molecule has 0 spiro atoms. The molecule has 1 N–H and O–H groups in total. The number of carbonyl (C=O) groups excluding carboxylic acids is 1. The van der Waals surface area contributed by atoms with Gasteiger partial charge >= 0.3 is 0 Å². The summed E-state index contributed by atoms with van der Waals surface area (Å²) in [6.45, 7) is 1.34. The van der Waals surface area contributed by atoms with Gasteiger partial charge in [0.25, 0.3) is 0 Å². The highest BCUT2D eigenvalue weighted by Crippen LogP contribution is 2.34. The molecule has 0 aromatic carbocycles. The van der Waals surface area contributed by atoms with Crippen molar-refractivity contribution in [3.63, 3.8) is 0 Å². The molecule has 2 heteroatoms. The van der Waals surface area contributed by atoms with Crippen LogP contribution >= 0.6 is 0 Å². The van der Waals surface area contributed by atoms with Crippen molar-refractivity contribution in [2.24, 2.45) is 17.8 Å². The monoisotopic (exact) mass is 214 g/mol. The number of carbonyl (C=O) groups is 1. The van der Waals surface area contributed by atoms with Crippen LogP contribution in [0.15, 0.2) is 12.1 Å². The van der Waals surface area contributed by atoms with Gasteiger partial charge in [-0.15, -0.1) is 0 Å². The van der Waals surface area contributed by atoms with Crippen LogP contribution < -0.4 is 0 Å². The molecule has 0 saturated heterocycles. The van der Waals surface area contributed by atoms with Crippen molar-refractivity contribution < 1.29 is 15.4 Å². The number of hydrogen-bond donors (Lipinski definition) is 1. The van der Waals surface area contributed by atoms with Gasteiger partial charge in [0.05, 0.1) is 7.47 Å². The van der Waals surface area contributed by atoms with E-state index >= 15 is 0 Å². The van der Waals surface area contributed by atoms with Crippen LogP contribution in [-0.4, -0.2) is 17.0 Å². The van der Waals surface area contributed by atoms with Gasteiger partial charge in [-0.1, -0.05) is 26.0 Å². The summed E-state index contributed by atoms with van der Waals surface area (Å²) in [6, 6.07) is -0.405. The molecule has 1 saturated carbocycles. The Hall–Kier alpha value is -0.630. The molecule has 4 atom stereocenters. The minimum absolute atomic E-state index is 0.0951. The van der Waals surface area contributed by atoms with Crippen LogP contribution in [0.3, 0.4) is 0 Å². The Morgan fingerprint density at radius 1 is 1.80 bits per heavy atom. The highest BCUT2D eigenvalue weighted by atomic mass is 16.3. The Morgan fingerprint density at radius 2 is 2.53 bits per heavy atom. The van der Waals surface area contributed by atoms with E-state index in [1.165, 1.54) is 6.08 Å². The fraction of sp³-hybridized carbons (Fsp3) is 0.769. The third-order valence-electron chi connectivity index (χ3n) is 3.37. The maximum atomic E-state index is 11.7. The number of hydrogen-bond acceptors (Lipinski definition) is 2. The summed E-state index contributed by atoms with van der Waals surface area (Å²) in [6.07, 6.45) is 2.19. The van der Waals surface area contributed by atoms with Gasteiger partial charge in [0.15, 0.2) is 0 Å². The molecule has 0 aliphatic heterocycles. The van der Waals surface area contributed by atoms with Crippen LogP contribution in [0.5, 0.6) is 0 Å². The zero-order valence-corrected chi connectivity index (χ0v) is 9.36. The van der Waals surface area contributed by atoms with E-state index in [1.54, 1.807) is 6.92 Å². The second kappa shape index (κ2) is 5.45. The number of Topliss-reactive ketones (excluding diaryl/α,β-unsaturated/α-hetero) is 1. The summed E-state index contributed by atoms with van der Waals surface area (Å²) >= 11 is 0. The average Bonchev–Trinajstić information content (AvgIpc) is 2.63. The summed E-state index contributed by atoms with van der Waals surface area (Å²) in [4.78, 5) is 11.7. The van der Waals surface area contributed by atoms with Crippen LogP contribution in [0.1, 0.15) is 45.4 Å². The molecule has 0 bridgehead atoms. The average molecular weight is 214 g/mol. The van der Waals surface area contributed by atoms with Gasteiger partial charge in [-0.25, -0.2) is 0 Å². The van der Waals surface area contributed by atoms with E-state index in [0.29, 0.717) is 12.8 Å². The standard InChI is InChI=1S/C13H22O2/c1-4-5-6-10(3)13(15)12-9(2)7-8-11(12)14/h4-5,9-10,12-13,15H,6-8H2,1-3H3/t9?,10-,12-,13?/m1/s1/i1D3,4D. The molecule has 0 aromatic heterocycles. The first-order valence-electron chi connectivity index (χ1n) is 7.52. The molecule has 86 valence electrons. The van der Waals surface area contributed by atoms with Crippen molar-refractivity contribution in [3.05, 3.63) is 12.1 Å². The van der Waals surface area contributed by atoms with Crippen molar-refractivity contribution in [2.75, 3.05) is 0 Å². The predicted molar refractivity (Wildman–Crippen MR) is 61.5 cm³/mol. The smallest absolute Gasteiger partial charge is 0.138 e. The van der Waals surface area contributed by atoms with Gasteiger partial charge in [-0.05, 0) is 31.5 Å². The predicted octanol–water partition coefficient (Wildman–Crippen LogP) is 2.56. The quantitative estimate of drug-likeness (QED) is 0.730. The molecule has 1 aliphatic carbocycles. The first-order chi connectivity index (χ1) is 8.64. The van der Waals surface area contributed by atoms with E-state index < -0.39 is 19.0 Å². The molecule has 2 nitrogen and oxygen atoms in total. The third-order valence-corrected chi connectivity index (χ3v) is 3.37. The van der Waals surface area contributed by atoms with Gasteiger partial charge in [0, 0.05) is 16.5 Å². The Kier molecular flexibility index (Phi) is 2.77. The summed E-state index contributed by atoms with van der Waals surface area (Å²) in [5.41, 5.74) is 0. The second-order valence-corrected chi connectivity index (χ2v) is 4.56. The molecular weight excluding hydrogens is 188 g/mol. The summed E-state index contributed by atoms with van der Waals surface area (Å²) in [7, 11) is 0. The highest BCUT2D eigenvalue weighted by Gasteiger charge is 2.38. The second-order valence-electron chi connectivity index (χ2n) is 4.56. The summed E-state index contributed by atoms with van der Waals surface area (Å²) in [5.74, 6) is -0.299. The van der Waals surface area contributed by atoms with Crippen molar-refractivity contribution in [2.45, 2.75) is 46.1 Å². The fourth-order valence-electron chi connectivity index (χ4n) is 2.30. The Labute approximate surface area is 98.0 Å². The van der Waals surface area contributed by atoms with Gasteiger partial charge in [-0.2, -0.15) is 0 Å². The van der Waals surface area contributed by atoms with Crippen LogP contribution in [-0.2, 0) is 4.79 Å². The normalized spacial score (nSPS) is 36.5. The fourth-order valence-corrected chi connectivity index (χ4v) is 2.30. The minimum atomic E-state index is -2.40. The molecule has 1 fully saturated rings. The number of allylic oxidation sites excluding steroid dienone is 2. The van der Waals surface area contributed by atoms with Crippen LogP contribution in [0.25, 0.3) is 0 Å². The molecule has 1 rings (SSSR count). The van der Waals surface area contributed by atoms with E-state index in [9.17, 15) is 9.90 Å². The number of ketones is 1. The molecular formula is C13H22O2. The maximum absolute atomic E-state index is 11.7. The largest absolute Gasteiger partial charge is 0.392 e. The van der Waals surface area contributed by atoms with Crippen LogP contribution in [0.4, 0.5) is 0 Å². The molecule has 2 unspecified atom stereocenters. The Balaban J connectivity index is 2.63. The van der Waals surface area contributed by atoms with Crippen molar-refractivity contribution in [3.8, 4) is 0 Å². The van der Waals surface area contributed by atoms with Crippen molar-refractivity contribution in [1.82, 2.24) is 0 Å². The molecule has 0 aromatic rings. The molecule has 0 radical (unpaired) electrons. The SMILES string of the molecule is [2H]C(=CC[C@@H](C)C(O)[C@H]1C(=O)CCC1C)C([2H])([2H])[2H]. The lowest BCUT2D eigenvalue weighted by Gasteiger charge is -2.25. The van der Waals surface area contributed by atoms with E-state index in [2.05, 4.69) is 0 Å². The lowest BCUT2D eigenvalue weighted by atomic mass is 9.83. The minimum Gasteiger partial charge on any atom is -0.392 e. The number of aliphatic hydroxyl groups is 1. The first-order valence-corrected chi connectivity index (χ1v) is 5.52. The summed E-state index contributed by atoms with van der Waals surface area (Å²) < 4.78 is 28.6. The van der Waals surface area contributed by atoms with E-state index in [1.807, 2.05) is 6.92 Å². The zero-order valence-electron chi connectivity index (χ0n) is 13.4. The third kappa shape index (κ3) is 2.91. The molecule has 1 aliphatic rings. The van der Waals surface area contributed by atoms with E-state index in [0.717, 1.165) is 6.42 Å². The lowest BCUT2D eigenvalue weighted by Crippen LogP contribution is -2.33. The van der Waals surface area contributed by atoms with Gasteiger partial charge in [-0.3, -0.25) is 4.79 Å². The Bertz CT molecular complexity index is 362. The Morgan fingerprint density at radius 3 is 3.07 bits per heavy atom. The van der Waals surface area contributed by atoms with Gasteiger partial charge in [0.1, 0.15) is 5.78 Å². The zero-order chi connectivity index (χ0) is 14.8.